The van der Waals surface area contributed by atoms with Crippen LogP contribution in [0.3, 0.4) is 0 Å². The number of hydrogen-bond donors (Lipinski definition) is 3. The molecule has 1 rings (SSSR count). The second-order valence-corrected chi connectivity index (χ2v) is 5.98. The summed E-state index contributed by atoms with van der Waals surface area (Å²) in [5.74, 6) is 1.05. The molecule has 25 heavy (non-hydrogen) atoms. The quantitative estimate of drug-likeness (QED) is 0.492. The lowest BCUT2D eigenvalue weighted by Gasteiger charge is -2.16. The fraction of sp³-hybridized carbons (Fsp3) is 0.588. The molecule has 0 fully saturated rings. The molecule has 0 heterocycles. The lowest BCUT2D eigenvalue weighted by molar-refractivity contribution is -0.137. The molecule has 0 aliphatic heterocycles. The van der Waals surface area contributed by atoms with E-state index < -0.39 is 17.8 Å². The van der Waals surface area contributed by atoms with Gasteiger partial charge in [0.2, 0.25) is 0 Å². The van der Waals surface area contributed by atoms with Crippen LogP contribution in [0.2, 0.25) is 0 Å². The molecule has 0 bridgehead atoms. The summed E-state index contributed by atoms with van der Waals surface area (Å²) in [7, 11) is 0. The van der Waals surface area contributed by atoms with Crippen LogP contribution in [-0.4, -0.2) is 43.4 Å². The number of nitrogens with one attached hydrogen (secondary N) is 2. The standard InChI is InChI=1S/C17H26F3N3O2/c1-4-21-16(22-9-12(2)3)23-10-14(24)11-25-15-7-5-6-13(8-15)17(18,19)20/h5-8,12,14,24H,4,9-11H2,1-3H3,(H2,21,22,23). The van der Waals surface area contributed by atoms with E-state index in [9.17, 15) is 18.3 Å². The van der Waals surface area contributed by atoms with Crippen LogP contribution in [-0.2, 0) is 6.18 Å². The predicted octanol–water partition coefficient (Wildman–Crippen LogP) is 2.66. The molecular formula is C17H26F3N3O2. The molecule has 1 unspecified atom stereocenters. The van der Waals surface area contributed by atoms with Gasteiger partial charge in [0, 0.05) is 19.6 Å². The molecule has 0 saturated carbocycles. The Bertz CT molecular complexity index is 548. The van der Waals surface area contributed by atoms with E-state index in [4.69, 9.17) is 4.74 Å². The van der Waals surface area contributed by atoms with Crippen LogP contribution in [0.15, 0.2) is 29.3 Å². The minimum absolute atomic E-state index is 0.0641. The fourth-order valence-electron chi connectivity index (χ4n) is 1.84. The Morgan fingerprint density at radius 2 is 2.00 bits per heavy atom. The van der Waals surface area contributed by atoms with Gasteiger partial charge in [0.1, 0.15) is 18.5 Å². The van der Waals surface area contributed by atoms with Gasteiger partial charge in [-0.3, -0.25) is 4.99 Å². The van der Waals surface area contributed by atoms with Crippen molar-refractivity contribution in [1.29, 1.82) is 0 Å². The van der Waals surface area contributed by atoms with Crippen LogP contribution >= 0.6 is 0 Å². The highest BCUT2D eigenvalue weighted by atomic mass is 19.4. The molecule has 1 atom stereocenters. The molecule has 1 aromatic carbocycles. The molecule has 0 spiro atoms. The van der Waals surface area contributed by atoms with Crippen LogP contribution in [0.4, 0.5) is 13.2 Å². The van der Waals surface area contributed by atoms with E-state index in [1.807, 2.05) is 20.8 Å². The van der Waals surface area contributed by atoms with Crippen molar-refractivity contribution in [2.45, 2.75) is 33.1 Å². The Balaban J connectivity index is 2.48. The van der Waals surface area contributed by atoms with Crippen molar-refractivity contribution in [3.63, 3.8) is 0 Å². The summed E-state index contributed by atoms with van der Waals surface area (Å²) in [6.07, 6.45) is -5.31. The summed E-state index contributed by atoms with van der Waals surface area (Å²) in [5, 5.41) is 16.0. The number of benzene rings is 1. The van der Waals surface area contributed by atoms with Gasteiger partial charge < -0.3 is 20.5 Å². The molecule has 0 radical (unpaired) electrons. The zero-order valence-corrected chi connectivity index (χ0v) is 14.7. The number of rotatable bonds is 8. The summed E-state index contributed by atoms with van der Waals surface area (Å²) >= 11 is 0. The van der Waals surface area contributed by atoms with Crippen LogP contribution < -0.4 is 15.4 Å². The topological polar surface area (TPSA) is 65.9 Å². The summed E-state index contributed by atoms with van der Waals surface area (Å²) in [4.78, 5) is 4.36. The number of aliphatic hydroxyl groups is 1. The molecule has 0 aromatic heterocycles. The number of alkyl halides is 3. The summed E-state index contributed by atoms with van der Waals surface area (Å²) < 4.78 is 43.2. The number of guanidine groups is 1. The molecule has 8 heteroatoms. The van der Waals surface area contributed by atoms with Crippen LogP contribution in [0.25, 0.3) is 0 Å². The number of ether oxygens (including phenoxy) is 1. The predicted molar refractivity (Wildman–Crippen MR) is 91.8 cm³/mol. The van der Waals surface area contributed by atoms with Crippen molar-refractivity contribution in [1.82, 2.24) is 10.6 Å². The minimum atomic E-state index is -4.42. The molecule has 5 nitrogen and oxygen atoms in total. The van der Waals surface area contributed by atoms with Gasteiger partial charge in [-0.05, 0) is 31.0 Å². The monoisotopic (exact) mass is 361 g/mol. The van der Waals surface area contributed by atoms with Crippen molar-refractivity contribution in [2.75, 3.05) is 26.2 Å². The molecule has 0 amide bonds. The van der Waals surface area contributed by atoms with Gasteiger partial charge in [0.15, 0.2) is 5.96 Å². The summed E-state index contributed by atoms with van der Waals surface area (Å²) in [6, 6.07) is 4.57. The number of hydrogen-bond acceptors (Lipinski definition) is 3. The Hall–Kier alpha value is -1.96. The molecule has 142 valence electrons. The Kier molecular flexibility index (Phi) is 8.54. The first-order valence-corrected chi connectivity index (χ1v) is 8.22. The van der Waals surface area contributed by atoms with Gasteiger partial charge in [-0.2, -0.15) is 13.2 Å². The van der Waals surface area contributed by atoms with E-state index in [-0.39, 0.29) is 18.9 Å². The first-order valence-electron chi connectivity index (χ1n) is 8.22. The Morgan fingerprint density at radius 3 is 2.60 bits per heavy atom. The maximum absolute atomic E-state index is 12.6. The van der Waals surface area contributed by atoms with Gasteiger partial charge in [0.05, 0.1) is 5.56 Å². The largest absolute Gasteiger partial charge is 0.491 e. The fourth-order valence-corrected chi connectivity index (χ4v) is 1.84. The van der Waals surface area contributed by atoms with E-state index in [1.54, 1.807) is 0 Å². The van der Waals surface area contributed by atoms with E-state index in [0.717, 1.165) is 12.1 Å². The highest BCUT2D eigenvalue weighted by molar-refractivity contribution is 5.79. The summed E-state index contributed by atoms with van der Waals surface area (Å²) in [5.41, 5.74) is -0.784. The van der Waals surface area contributed by atoms with Gasteiger partial charge in [-0.25, -0.2) is 0 Å². The minimum Gasteiger partial charge on any atom is -0.491 e. The van der Waals surface area contributed by atoms with Gasteiger partial charge in [-0.1, -0.05) is 19.9 Å². The third-order valence-corrected chi connectivity index (χ3v) is 3.07. The first-order chi connectivity index (χ1) is 11.7. The van der Waals surface area contributed by atoms with Gasteiger partial charge in [-0.15, -0.1) is 0 Å². The molecular weight excluding hydrogens is 335 g/mol. The number of aliphatic hydroxyl groups excluding tert-OH is 1. The van der Waals surface area contributed by atoms with Gasteiger partial charge in [0.25, 0.3) is 0 Å². The number of aliphatic imine (C=N–C) groups is 1. The highest BCUT2D eigenvalue weighted by Crippen LogP contribution is 2.31. The molecule has 0 saturated heterocycles. The molecule has 3 N–H and O–H groups in total. The SMILES string of the molecule is CCNC(=NCC(C)C)NCC(O)COc1cccc(C(F)(F)F)c1. The van der Waals surface area contributed by atoms with Crippen molar-refractivity contribution >= 4 is 5.96 Å². The Morgan fingerprint density at radius 1 is 1.28 bits per heavy atom. The zero-order valence-electron chi connectivity index (χ0n) is 14.7. The lowest BCUT2D eigenvalue weighted by atomic mass is 10.2. The maximum Gasteiger partial charge on any atom is 0.416 e. The van der Waals surface area contributed by atoms with Crippen LogP contribution in [0.5, 0.6) is 5.75 Å². The van der Waals surface area contributed by atoms with E-state index >= 15 is 0 Å². The average molecular weight is 361 g/mol. The third-order valence-electron chi connectivity index (χ3n) is 3.07. The zero-order chi connectivity index (χ0) is 18.9. The molecule has 0 aliphatic rings. The molecule has 1 aromatic rings. The number of halogens is 3. The Labute approximate surface area is 146 Å². The van der Waals surface area contributed by atoms with Crippen molar-refractivity contribution in [3.05, 3.63) is 29.8 Å². The third kappa shape index (κ3) is 8.62. The number of nitrogens with zero attached hydrogens (tertiary/aromatic N) is 1. The normalized spacial score (nSPS) is 13.7. The van der Waals surface area contributed by atoms with Crippen molar-refractivity contribution < 1.29 is 23.0 Å². The summed E-state index contributed by atoms with van der Waals surface area (Å²) in [6.45, 7) is 7.39. The average Bonchev–Trinajstić information content (AvgIpc) is 2.55. The van der Waals surface area contributed by atoms with E-state index in [2.05, 4.69) is 15.6 Å². The first kappa shape index (κ1) is 21.1. The second kappa shape index (κ2) is 10.1. The highest BCUT2D eigenvalue weighted by Gasteiger charge is 2.30. The van der Waals surface area contributed by atoms with E-state index in [1.165, 1.54) is 12.1 Å². The van der Waals surface area contributed by atoms with Gasteiger partial charge >= 0.3 is 6.18 Å². The van der Waals surface area contributed by atoms with Crippen molar-refractivity contribution in [2.24, 2.45) is 10.9 Å². The van der Waals surface area contributed by atoms with Crippen LogP contribution in [0, 0.1) is 5.92 Å². The lowest BCUT2D eigenvalue weighted by Crippen LogP contribution is -2.42. The van der Waals surface area contributed by atoms with Crippen LogP contribution in [0.1, 0.15) is 26.3 Å². The smallest absolute Gasteiger partial charge is 0.416 e. The van der Waals surface area contributed by atoms with Crippen molar-refractivity contribution in [3.8, 4) is 5.75 Å². The maximum atomic E-state index is 12.6. The second-order valence-electron chi connectivity index (χ2n) is 5.98. The molecule has 0 aliphatic carbocycles. The van der Waals surface area contributed by atoms with E-state index in [0.29, 0.717) is 25.0 Å².